The van der Waals surface area contributed by atoms with Gasteiger partial charge in [-0.25, -0.2) is 14.3 Å². The first-order chi connectivity index (χ1) is 9.54. The average molecular weight is 267 g/mol. The summed E-state index contributed by atoms with van der Waals surface area (Å²) in [4.78, 5) is 15.3. The van der Waals surface area contributed by atoms with Gasteiger partial charge in [0.25, 0.3) is 0 Å². The predicted octanol–water partition coefficient (Wildman–Crippen LogP) is 2.71. The molecule has 100 valence electrons. The summed E-state index contributed by atoms with van der Waals surface area (Å²) < 4.78 is 1.58. The fourth-order valence-corrected chi connectivity index (χ4v) is 2.02. The zero-order valence-corrected chi connectivity index (χ0v) is 11.2. The van der Waals surface area contributed by atoms with Gasteiger partial charge in [0.1, 0.15) is 0 Å². The number of carboxylic acid groups (broad SMARTS) is 1. The molecule has 2 heterocycles. The summed E-state index contributed by atoms with van der Waals surface area (Å²) >= 11 is 0. The molecule has 3 aromatic rings. The van der Waals surface area contributed by atoms with E-state index in [4.69, 9.17) is 5.11 Å². The van der Waals surface area contributed by atoms with E-state index in [-0.39, 0.29) is 5.56 Å². The van der Waals surface area contributed by atoms with Crippen LogP contribution in [-0.4, -0.2) is 25.7 Å². The van der Waals surface area contributed by atoms with Gasteiger partial charge in [-0.3, -0.25) is 0 Å². The zero-order chi connectivity index (χ0) is 14.3. The molecule has 0 atom stereocenters. The van der Waals surface area contributed by atoms with Crippen molar-refractivity contribution < 1.29 is 9.90 Å². The SMILES string of the molecule is Cc1ccc(-c2nc3cc(C(=O)O)ccn3n2)cc1C. The van der Waals surface area contributed by atoms with Crippen LogP contribution in [0, 0.1) is 13.8 Å². The number of aromatic carboxylic acids is 1. The molecule has 1 N–H and O–H groups in total. The highest BCUT2D eigenvalue weighted by Crippen LogP contribution is 2.20. The zero-order valence-electron chi connectivity index (χ0n) is 11.2. The van der Waals surface area contributed by atoms with Crippen molar-refractivity contribution in [1.29, 1.82) is 0 Å². The molecule has 0 aliphatic carbocycles. The Hall–Kier alpha value is -2.69. The van der Waals surface area contributed by atoms with Crippen LogP contribution in [0.4, 0.5) is 0 Å². The van der Waals surface area contributed by atoms with Gasteiger partial charge in [-0.2, -0.15) is 0 Å². The van der Waals surface area contributed by atoms with Gasteiger partial charge in [0.2, 0.25) is 0 Å². The van der Waals surface area contributed by atoms with E-state index in [0.717, 1.165) is 5.56 Å². The molecule has 0 unspecified atom stereocenters. The fourth-order valence-electron chi connectivity index (χ4n) is 2.02. The van der Waals surface area contributed by atoms with Crippen molar-refractivity contribution in [2.24, 2.45) is 0 Å². The molecule has 0 fully saturated rings. The maximum absolute atomic E-state index is 10.9. The van der Waals surface area contributed by atoms with Crippen LogP contribution in [0.2, 0.25) is 0 Å². The lowest BCUT2D eigenvalue weighted by Crippen LogP contribution is -1.97. The molecule has 2 aromatic heterocycles. The fraction of sp³-hybridized carbons (Fsp3) is 0.133. The van der Waals surface area contributed by atoms with Gasteiger partial charge >= 0.3 is 5.97 Å². The number of rotatable bonds is 2. The molecule has 0 aliphatic rings. The average Bonchev–Trinajstić information content (AvgIpc) is 2.84. The Morgan fingerprint density at radius 3 is 2.65 bits per heavy atom. The van der Waals surface area contributed by atoms with E-state index in [1.54, 1.807) is 10.7 Å². The first-order valence-electron chi connectivity index (χ1n) is 6.22. The van der Waals surface area contributed by atoms with Crippen LogP contribution in [0.5, 0.6) is 0 Å². The van der Waals surface area contributed by atoms with Gasteiger partial charge in [0.05, 0.1) is 5.56 Å². The molecule has 0 amide bonds. The lowest BCUT2D eigenvalue weighted by molar-refractivity contribution is 0.0697. The minimum atomic E-state index is -0.969. The summed E-state index contributed by atoms with van der Waals surface area (Å²) in [6.07, 6.45) is 1.61. The van der Waals surface area contributed by atoms with Gasteiger partial charge < -0.3 is 5.11 Å². The summed E-state index contributed by atoms with van der Waals surface area (Å²) in [7, 11) is 0. The van der Waals surface area contributed by atoms with Gasteiger partial charge in [0.15, 0.2) is 11.5 Å². The van der Waals surface area contributed by atoms with Crippen molar-refractivity contribution in [3.05, 3.63) is 53.2 Å². The van der Waals surface area contributed by atoms with E-state index in [0.29, 0.717) is 11.5 Å². The Bertz CT molecular complexity index is 821. The summed E-state index contributed by atoms with van der Waals surface area (Å²) in [6.45, 7) is 4.09. The summed E-state index contributed by atoms with van der Waals surface area (Å²) in [6, 6.07) is 9.05. The van der Waals surface area contributed by atoms with Crippen molar-refractivity contribution in [2.75, 3.05) is 0 Å². The molecule has 0 saturated carbocycles. The van der Waals surface area contributed by atoms with Gasteiger partial charge in [-0.05, 0) is 43.2 Å². The third-order valence-corrected chi connectivity index (χ3v) is 3.35. The maximum atomic E-state index is 10.9. The molecule has 5 nitrogen and oxygen atoms in total. The number of fused-ring (bicyclic) bond motifs is 1. The predicted molar refractivity (Wildman–Crippen MR) is 74.9 cm³/mol. The molecule has 0 spiro atoms. The van der Waals surface area contributed by atoms with Crippen LogP contribution < -0.4 is 0 Å². The molecular weight excluding hydrogens is 254 g/mol. The van der Waals surface area contributed by atoms with E-state index in [1.807, 2.05) is 25.1 Å². The van der Waals surface area contributed by atoms with E-state index >= 15 is 0 Å². The second kappa shape index (κ2) is 4.45. The maximum Gasteiger partial charge on any atom is 0.335 e. The number of carbonyl (C=O) groups is 1. The van der Waals surface area contributed by atoms with E-state index < -0.39 is 5.97 Å². The Morgan fingerprint density at radius 1 is 1.15 bits per heavy atom. The topological polar surface area (TPSA) is 67.5 Å². The Kier molecular flexibility index (Phi) is 2.75. The molecule has 3 rings (SSSR count). The first-order valence-corrected chi connectivity index (χ1v) is 6.22. The number of nitrogens with zero attached hydrogens (tertiary/aromatic N) is 3. The third-order valence-electron chi connectivity index (χ3n) is 3.35. The molecule has 0 radical (unpaired) electrons. The Labute approximate surface area is 115 Å². The van der Waals surface area contributed by atoms with E-state index in [2.05, 4.69) is 17.0 Å². The first kappa shape index (κ1) is 12.3. The monoisotopic (exact) mass is 267 g/mol. The number of hydrogen-bond donors (Lipinski definition) is 1. The van der Waals surface area contributed by atoms with Crippen LogP contribution in [0.3, 0.4) is 0 Å². The minimum Gasteiger partial charge on any atom is -0.478 e. The molecule has 20 heavy (non-hydrogen) atoms. The number of pyridine rings is 1. The van der Waals surface area contributed by atoms with Crippen molar-refractivity contribution >= 4 is 11.6 Å². The highest BCUT2D eigenvalue weighted by molar-refractivity contribution is 5.88. The van der Waals surface area contributed by atoms with Crippen LogP contribution >= 0.6 is 0 Å². The number of aromatic nitrogens is 3. The largest absolute Gasteiger partial charge is 0.478 e. The summed E-state index contributed by atoms with van der Waals surface area (Å²) in [5, 5.41) is 13.3. The smallest absolute Gasteiger partial charge is 0.335 e. The van der Waals surface area contributed by atoms with Crippen LogP contribution in [0.15, 0.2) is 36.5 Å². The lowest BCUT2D eigenvalue weighted by Gasteiger charge is -2.00. The van der Waals surface area contributed by atoms with Crippen LogP contribution in [-0.2, 0) is 0 Å². The number of carboxylic acids is 1. The van der Waals surface area contributed by atoms with Crippen molar-refractivity contribution in [2.45, 2.75) is 13.8 Å². The number of aryl methyl sites for hydroxylation is 2. The molecule has 5 heteroatoms. The highest BCUT2D eigenvalue weighted by atomic mass is 16.4. The van der Waals surface area contributed by atoms with E-state index in [9.17, 15) is 4.79 Å². The molecular formula is C15H13N3O2. The lowest BCUT2D eigenvalue weighted by atomic mass is 10.1. The third kappa shape index (κ3) is 2.03. The van der Waals surface area contributed by atoms with Gasteiger partial charge in [-0.15, -0.1) is 5.10 Å². The van der Waals surface area contributed by atoms with Gasteiger partial charge in [-0.1, -0.05) is 12.1 Å². The van der Waals surface area contributed by atoms with Gasteiger partial charge in [0, 0.05) is 11.8 Å². The standard InChI is InChI=1S/C15H13N3O2/c1-9-3-4-11(7-10(9)2)14-16-13-8-12(15(19)20)5-6-18(13)17-14/h3-8H,1-2H3,(H,19,20). The Morgan fingerprint density at radius 2 is 1.95 bits per heavy atom. The minimum absolute atomic E-state index is 0.205. The van der Waals surface area contributed by atoms with Crippen LogP contribution in [0.1, 0.15) is 21.5 Å². The molecule has 0 bridgehead atoms. The van der Waals surface area contributed by atoms with Crippen molar-refractivity contribution in [3.63, 3.8) is 0 Å². The van der Waals surface area contributed by atoms with Crippen molar-refractivity contribution in [1.82, 2.24) is 14.6 Å². The molecule has 0 saturated heterocycles. The highest BCUT2D eigenvalue weighted by Gasteiger charge is 2.10. The Balaban J connectivity index is 2.12. The van der Waals surface area contributed by atoms with Crippen molar-refractivity contribution in [3.8, 4) is 11.4 Å². The second-order valence-electron chi connectivity index (χ2n) is 4.76. The normalized spacial score (nSPS) is 10.9. The quantitative estimate of drug-likeness (QED) is 0.775. The summed E-state index contributed by atoms with van der Waals surface area (Å²) in [5.74, 6) is -0.376. The summed E-state index contributed by atoms with van der Waals surface area (Å²) in [5.41, 5.74) is 4.04. The second-order valence-corrected chi connectivity index (χ2v) is 4.76. The molecule has 1 aromatic carbocycles. The molecule has 0 aliphatic heterocycles. The number of hydrogen-bond acceptors (Lipinski definition) is 3. The number of benzene rings is 1. The van der Waals surface area contributed by atoms with E-state index in [1.165, 1.54) is 23.3 Å². The van der Waals surface area contributed by atoms with Crippen LogP contribution in [0.25, 0.3) is 17.0 Å².